The van der Waals surface area contributed by atoms with Crippen molar-refractivity contribution in [2.45, 2.75) is 60.3 Å². The standard InChI is InChI=1S/C14H28/c1-6-14(10(2)3)12(5)9-13-7-11(4)8-13/h10-14H,6-9H2,1-5H3. The second kappa shape index (κ2) is 5.19. The van der Waals surface area contributed by atoms with E-state index < -0.39 is 0 Å². The molecule has 1 aliphatic carbocycles. The predicted octanol–water partition coefficient (Wildman–Crippen LogP) is 4.74. The lowest BCUT2D eigenvalue weighted by Gasteiger charge is -2.37. The SMILES string of the molecule is CCC(C(C)C)C(C)CC1CC(C)C1. The Balaban J connectivity index is 2.28. The van der Waals surface area contributed by atoms with E-state index in [2.05, 4.69) is 34.6 Å². The summed E-state index contributed by atoms with van der Waals surface area (Å²) >= 11 is 0. The maximum Gasteiger partial charge on any atom is -0.0368 e. The van der Waals surface area contributed by atoms with Crippen LogP contribution in [0.15, 0.2) is 0 Å². The van der Waals surface area contributed by atoms with E-state index in [4.69, 9.17) is 0 Å². The van der Waals surface area contributed by atoms with Gasteiger partial charge < -0.3 is 0 Å². The molecular formula is C14H28. The van der Waals surface area contributed by atoms with E-state index in [0.717, 1.165) is 29.6 Å². The maximum absolute atomic E-state index is 2.47. The molecule has 0 radical (unpaired) electrons. The third-order valence-electron chi connectivity index (χ3n) is 4.24. The van der Waals surface area contributed by atoms with Gasteiger partial charge in [-0.25, -0.2) is 0 Å². The van der Waals surface area contributed by atoms with Crippen molar-refractivity contribution < 1.29 is 0 Å². The smallest absolute Gasteiger partial charge is 0.0368 e. The number of hydrogen-bond acceptors (Lipinski definition) is 0. The molecule has 1 fully saturated rings. The van der Waals surface area contributed by atoms with Gasteiger partial charge in [-0.3, -0.25) is 0 Å². The minimum Gasteiger partial charge on any atom is -0.0651 e. The Morgan fingerprint density at radius 1 is 1.14 bits per heavy atom. The molecule has 2 unspecified atom stereocenters. The Bertz CT molecular complexity index is 153. The summed E-state index contributed by atoms with van der Waals surface area (Å²) in [4.78, 5) is 0. The summed E-state index contributed by atoms with van der Waals surface area (Å²) in [5, 5.41) is 0. The first-order valence-corrected chi connectivity index (χ1v) is 6.54. The van der Waals surface area contributed by atoms with Gasteiger partial charge in [0.25, 0.3) is 0 Å². The van der Waals surface area contributed by atoms with Crippen LogP contribution in [0.1, 0.15) is 60.3 Å². The molecule has 0 nitrogen and oxygen atoms in total. The third kappa shape index (κ3) is 3.00. The van der Waals surface area contributed by atoms with Gasteiger partial charge in [0.2, 0.25) is 0 Å². The topological polar surface area (TPSA) is 0 Å². The van der Waals surface area contributed by atoms with Crippen molar-refractivity contribution in [1.82, 2.24) is 0 Å². The molecule has 0 amide bonds. The van der Waals surface area contributed by atoms with Crippen LogP contribution in [0.2, 0.25) is 0 Å². The normalized spacial score (nSPS) is 31.3. The molecule has 0 aromatic heterocycles. The molecular weight excluding hydrogens is 168 g/mol. The van der Waals surface area contributed by atoms with Crippen LogP contribution >= 0.6 is 0 Å². The highest BCUT2D eigenvalue weighted by Gasteiger charge is 2.29. The third-order valence-corrected chi connectivity index (χ3v) is 4.24. The maximum atomic E-state index is 2.47. The van der Waals surface area contributed by atoms with Gasteiger partial charge in [0.1, 0.15) is 0 Å². The molecule has 84 valence electrons. The average molecular weight is 196 g/mol. The van der Waals surface area contributed by atoms with Gasteiger partial charge in [0.05, 0.1) is 0 Å². The highest BCUT2D eigenvalue weighted by atomic mass is 14.3. The summed E-state index contributed by atoms with van der Waals surface area (Å²) in [6, 6.07) is 0. The van der Waals surface area contributed by atoms with Gasteiger partial charge in [-0.05, 0) is 48.9 Å². The van der Waals surface area contributed by atoms with E-state index >= 15 is 0 Å². The van der Waals surface area contributed by atoms with Crippen LogP contribution in [-0.4, -0.2) is 0 Å². The van der Waals surface area contributed by atoms with Crippen molar-refractivity contribution in [3.63, 3.8) is 0 Å². The zero-order chi connectivity index (χ0) is 10.7. The fourth-order valence-corrected chi connectivity index (χ4v) is 3.49. The lowest BCUT2D eigenvalue weighted by Crippen LogP contribution is -2.26. The fraction of sp³-hybridized carbons (Fsp3) is 1.00. The molecule has 0 saturated heterocycles. The van der Waals surface area contributed by atoms with Crippen LogP contribution in [0.4, 0.5) is 0 Å². The van der Waals surface area contributed by atoms with E-state index in [0.29, 0.717) is 0 Å². The summed E-state index contributed by atoms with van der Waals surface area (Å²) in [5.41, 5.74) is 0. The van der Waals surface area contributed by atoms with Crippen molar-refractivity contribution in [2.75, 3.05) is 0 Å². The van der Waals surface area contributed by atoms with E-state index in [1.165, 1.54) is 25.7 Å². The van der Waals surface area contributed by atoms with Crippen molar-refractivity contribution in [1.29, 1.82) is 0 Å². The molecule has 0 spiro atoms. The minimum atomic E-state index is 0.868. The van der Waals surface area contributed by atoms with Gasteiger partial charge >= 0.3 is 0 Å². The first kappa shape index (κ1) is 12.1. The van der Waals surface area contributed by atoms with Crippen LogP contribution in [0.5, 0.6) is 0 Å². The predicted molar refractivity (Wildman–Crippen MR) is 64.3 cm³/mol. The Morgan fingerprint density at radius 3 is 2.07 bits per heavy atom. The molecule has 1 rings (SSSR count). The van der Waals surface area contributed by atoms with Crippen molar-refractivity contribution in [2.24, 2.45) is 29.6 Å². The molecule has 2 atom stereocenters. The molecule has 1 saturated carbocycles. The second-order valence-corrected chi connectivity index (χ2v) is 5.97. The number of rotatable bonds is 5. The molecule has 1 aliphatic rings. The van der Waals surface area contributed by atoms with E-state index in [1.54, 1.807) is 0 Å². The first-order valence-electron chi connectivity index (χ1n) is 6.54. The van der Waals surface area contributed by atoms with E-state index in [1.807, 2.05) is 0 Å². The Morgan fingerprint density at radius 2 is 1.71 bits per heavy atom. The molecule has 0 heteroatoms. The van der Waals surface area contributed by atoms with Gasteiger partial charge in [-0.15, -0.1) is 0 Å². The van der Waals surface area contributed by atoms with Crippen LogP contribution in [-0.2, 0) is 0 Å². The van der Waals surface area contributed by atoms with Gasteiger partial charge in [0, 0.05) is 0 Å². The Labute approximate surface area is 90.5 Å². The molecule has 0 aromatic rings. The molecule has 0 heterocycles. The van der Waals surface area contributed by atoms with E-state index in [-0.39, 0.29) is 0 Å². The largest absolute Gasteiger partial charge is 0.0651 e. The van der Waals surface area contributed by atoms with Gasteiger partial charge in [-0.2, -0.15) is 0 Å². The van der Waals surface area contributed by atoms with Crippen molar-refractivity contribution >= 4 is 0 Å². The zero-order valence-corrected chi connectivity index (χ0v) is 10.7. The molecule has 0 bridgehead atoms. The van der Waals surface area contributed by atoms with Crippen LogP contribution in [0, 0.1) is 29.6 Å². The highest BCUT2D eigenvalue weighted by Crippen LogP contribution is 2.40. The Hall–Kier alpha value is 0. The summed E-state index contributed by atoms with van der Waals surface area (Å²) in [5.74, 6) is 4.84. The lowest BCUT2D eigenvalue weighted by molar-refractivity contribution is 0.138. The molecule has 0 aromatic carbocycles. The summed E-state index contributed by atoms with van der Waals surface area (Å²) in [7, 11) is 0. The highest BCUT2D eigenvalue weighted by molar-refractivity contribution is 4.80. The Kier molecular flexibility index (Phi) is 4.47. The first-order chi connectivity index (χ1) is 6.54. The second-order valence-electron chi connectivity index (χ2n) is 5.97. The van der Waals surface area contributed by atoms with E-state index in [9.17, 15) is 0 Å². The lowest BCUT2D eigenvalue weighted by atomic mass is 9.69. The fourth-order valence-electron chi connectivity index (χ4n) is 3.49. The van der Waals surface area contributed by atoms with Gasteiger partial charge in [-0.1, -0.05) is 41.0 Å². The van der Waals surface area contributed by atoms with Gasteiger partial charge in [0.15, 0.2) is 0 Å². The molecule has 14 heavy (non-hydrogen) atoms. The molecule has 0 aliphatic heterocycles. The summed E-state index contributed by atoms with van der Waals surface area (Å²) in [6.07, 6.45) is 5.85. The zero-order valence-electron chi connectivity index (χ0n) is 10.7. The summed E-state index contributed by atoms with van der Waals surface area (Å²) < 4.78 is 0. The van der Waals surface area contributed by atoms with Crippen LogP contribution in [0.3, 0.4) is 0 Å². The van der Waals surface area contributed by atoms with Crippen LogP contribution in [0.25, 0.3) is 0 Å². The monoisotopic (exact) mass is 196 g/mol. The van der Waals surface area contributed by atoms with Crippen LogP contribution < -0.4 is 0 Å². The molecule has 0 N–H and O–H groups in total. The summed E-state index contributed by atoms with van der Waals surface area (Å²) in [6.45, 7) is 12.0. The average Bonchev–Trinajstić information content (AvgIpc) is 2.01. The quantitative estimate of drug-likeness (QED) is 0.595. The number of hydrogen-bond donors (Lipinski definition) is 0. The minimum absolute atomic E-state index is 0.868. The van der Waals surface area contributed by atoms with Crippen molar-refractivity contribution in [3.05, 3.63) is 0 Å². The van der Waals surface area contributed by atoms with Crippen molar-refractivity contribution in [3.8, 4) is 0 Å².